The predicted molar refractivity (Wildman–Crippen MR) is 107 cm³/mol. The van der Waals surface area contributed by atoms with Crippen LogP contribution in [0, 0.1) is 0 Å². The highest BCUT2D eigenvalue weighted by atomic mass is 32.1. The second-order valence-corrected chi connectivity index (χ2v) is 7.73. The molecule has 2 heterocycles. The average molecular weight is 382 g/mol. The number of methoxy groups -OCH3 is 1. The van der Waals surface area contributed by atoms with Gasteiger partial charge in [0.05, 0.1) is 22.8 Å². The normalized spacial score (nSPS) is 16.2. The van der Waals surface area contributed by atoms with E-state index in [1.165, 1.54) is 5.56 Å². The van der Waals surface area contributed by atoms with Gasteiger partial charge in [-0.25, -0.2) is 4.98 Å². The summed E-state index contributed by atoms with van der Waals surface area (Å²) in [5.41, 5.74) is 4.49. The number of ether oxygens (including phenoxy) is 2. The summed E-state index contributed by atoms with van der Waals surface area (Å²) in [6.45, 7) is 1.99. The molecule has 5 nitrogen and oxygen atoms in total. The quantitative estimate of drug-likeness (QED) is 0.729. The number of carbonyl (C=O) groups excluding carboxylic acids is 1. The monoisotopic (exact) mass is 382 g/mol. The first-order chi connectivity index (χ1) is 13.2. The smallest absolute Gasteiger partial charge is 0.251 e. The topological polar surface area (TPSA) is 60.5 Å². The summed E-state index contributed by atoms with van der Waals surface area (Å²) in [6.07, 6.45) is 1.76. The molecule has 1 saturated heterocycles. The predicted octanol–water partition coefficient (Wildman–Crippen LogP) is 3.78. The minimum Gasteiger partial charge on any atom is -0.497 e. The van der Waals surface area contributed by atoms with E-state index in [9.17, 15) is 4.79 Å². The maximum Gasteiger partial charge on any atom is 0.251 e. The third-order valence-electron chi connectivity index (χ3n) is 5.33. The number of hydrogen-bond donors (Lipinski definition) is 1. The first-order valence-electron chi connectivity index (χ1n) is 9.04. The molecule has 1 amide bonds. The van der Waals surface area contributed by atoms with Gasteiger partial charge < -0.3 is 14.8 Å². The summed E-state index contributed by atoms with van der Waals surface area (Å²) in [5.74, 6) is 0.785. The molecule has 0 saturated carbocycles. The first-order valence-corrected chi connectivity index (χ1v) is 9.92. The molecule has 0 aliphatic carbocycles. The van der Waals surface area contributed by atoms with Crippen molar-refractivity contribution >= 4 is 27.5 Å². The van der Waals surface area contributed by atoms with Gasteiger partial charge in [-0.3, -0.25) is 4.79 Å². The molecule has 6 heteroatoms. The largest absolute Gasteiger partial charge is 0.497 e. The van der Waals surface area contributed by atoms with Gasteiger partial charge in [0, 0.05) is 30.7 Å². The van der Waals surface area contributed by atoms with Gasteiger partial charge in [0.25, 0.3) is 5.91 Å². The zero-order valence-electron chi connectivity index (χ0n) is 15.2. The lowest BCUT2D eigenvalue weighted by molar-refractivity contribution is 0.0487. The lowest BCUT2D eigenvalue weighted by Crippen LogP contribution is -2.44. The van der Waals surface area contributed by atoms with Crippen molar-refractivity contribution in [3.63, 3.8) is 0 Å². The number of carbonyl (C=O) groups is 1. The highest BCUT2D eigenvalue weighted by Crippen LogP contribution is 2.35. The van der Waals surface area contributed by atoms with Gasteiger partial charge in [-0.1, -0.05) is 12.1 Å². The maximum absolute atomic E-state index is 12.7. The number of aromatic nitrogens is 1. The second kappa shape index (κ2) is 7.66. The molecule has 0 bridgehead atoms. The average Bonchev–Trinajstić information content (AvgIpc) is 3.20. The minimum atomic E-state index is -0.116. The van der Waals surface area contributed by atoms with Gasteiger partial charge in [-0.05, 0) is 48.7 Å². The van der Waals surface area contributed by atoms with Crippen LogP contribution in [0.5, 0.6) is 5.75 Å². The van der Waals surface area contributed by atoms with Crippen LogP contribution in [0.1, 0.15) is 28.8 Å². The highest BCUT2D eigenvalue weighted by molar-refractivity contribution is 7.16. The molecule has 0 unspecified atom stereocenters. The molecule has 0 radical (unpaired) electrons. The summed E-state index contributed by atoms with van der Waals surface area (Å²) in [7, 11) is 1.67. The van der Waals surface area contributed by atoms with E-state index in [1.807, 2.05) is 30.3 Å². The third kappa shape index (κ3) is 3.68. The molecule has 0 atom stereocenters. The van der Waals surface area contributed by atoms with Crippen molar-refractivity contribution in [2.75, 3.05) is 26.9 Å². The molecule has 1 aromatic heterocycles. The van der Waals surface area contributed by atoms with Crippen LogP contribution in [0.3, 0.4) is 0 Å². The van der Waals surface area contributed by atoms with Crippen LogP contribution in [0.15, 0.2) is 48.0 Å². The van der Waals surface area contributed by atoms with Crippen molar-refractivity contribution in [3.8, 4) is 5.75 Å². The van der Waals surface area contributed by atoms with E-state index in [2.05, 4.69) is 22.4 Å². The van der Waals surface area contributed by atoms with E-state index < -0.39 is 0 Å². The van der Waals surface area contributed by atoms with Crippen LogP contribution in [0.25, 0.3) is 10.2 Å². The van der Waals surface area contributed by atoms with Crippen LogP contribution in [-0.2, 0) is 10.2 Å². The van der Waals surface area contributed by atoms with E-state index in [0.29, 0.717) is 25.3 Å². The summed E-state index contributed by atoms with van der Waals surface area (Å²) >= 11 is 1.55. The van der Waals surface area contributed by atoms with E-state index in [4.69, 9.17) is 9.47 Å². The first kappa shape index (κ1) is 17.9. The molecule has 140 valence electrons. The van der Waals surface area contributed by atoms with E-state index in [0.717, 1.165) is 28.8 Å². The number of thiazole rings is 1. The summed E-state index contributed by atoms with van der Waals surface area (Å²) in [5, 5.41) is 3.15. The van der Waals surface area contributed by atoms with Crippen LogP contribution < -0.4 is 10.1 Å². The lowest BCUT2D eigenvalue weighted by atomic mass is 9.74. The van der Waals surface area contributed by atoms with Crippen LogP contribution in [0.4, 0.5) is 0 Å². The van der Waals surface area contributed by atoms with Crippen LogP contribution in [-0.4, -0.2) is 37.8 Å². The van der Waals surface area contributed by atoms with Gasteiger partial charge in [-0.2, -0.15) is 0 Å². The molecule has 3 aromatic rings. The van der Waals surface area contributed by atoms with Crippen LogP contribution >= 0.6 is 11.3 Å². The van der Waals surface area contributed by atoms with Gasteiger partial charge in [-0.15, -0.1) is 11.3 Å². The van der Waals surface area contributed by atoms with Crippen molar-refractivity contribution in [1.82, 2.24) is 10.3 Å². The van der Waals surface area contributed by atoms with Crippen molar-refractivity contribution in [2.45, 2.75) is 18.3 Å². The number of nitrogens with zero attached hydrogens (tertiary/aromatic N) is 1. The van der Waals surface area contributed by atoms with Gasteiger partial charge >= 0.3 is 0 Å². The Morgan fingerprint density at radius 1 is 1.22 bits per heavy atom. The number of amides is 1. The third-order valence-corrected chi connectivity index (χ3v) is 6.12. The highest BCUT2D eigenvalue weighted by Gasteiger charge is 2.35. The number of benzene rings is 2. The summed E-state index contributed by atoms with van der Waals surface area (Å²) in [6, 6.07) is 13.8. The Hall–Kier alpha value is -2.44. The molecule has 1 fully saturated rings. The molecule has 1 N–H and O–H groups in total. The molecule has 27 heavy (non-hydrogen) atoms. The zero-order valence-corrected chi connectivity index (χ0v) is 16.1. The lowest BCUT2D eigenvalue weighted by Gasteiger charge is -2.38. The molecule has 4 rings (SSSR count). The van der Waals surface area contributed by atoms with Crippen molar-refractivity contribution < 1.29 is 14.3 Å². The Bertz CT molecular complexity index is 930. The fourth-order valence-electron chi connectivity index (χ4n) is 3.62. The molecule has 2 aromatic carbocycles. The Labute approximate surface area is 162 Å². The minimum absolute atomic E-state index is 0.0512. The fourth-order valence-corrected chi connectivity index (χ4v) is 4.34. The van der Waals surface area contributed by atoms with Crippen molar-refractivity contribution in [3.05, 3.63) is 59.1 Å². The van der Waals surface area contributed by atoms with Crippen LogP contribution in [0.2, 0.25) is 0 Å². The Kier molecular flexibility index (Phi) is 5.09. The van der Waals surface area contributed by atoms with Gasteiger partial charge in [0.15, 0.2) is 0 Å². The van der Waals surface area contributed by atoms with E-state index >= 15 is 0 Å². The molecular weight excluding hydrogens is 360 g/mol. The molecule has 1 aliphatic heterocycles. The Morgan fingerprint density at radius 3 is 2.74 bits per heavy atom. The zero-order chi connectivity index (χ0) is 18.7. The second-order valence-electron chi connectivity index (χ2n) is 6.84. The van der Waals surface area contributed by atoms with Gasteiger partial charge in [0.2, 0.25) is 0 Å². The Morgan fingerprint density at radius 2 is 2.00 bits per heavy atom. The maximum atomic E-state index is 12.7. The molecular formula is C21H22N2O3S. The number of rotatable bonds is 5. The van der Waals surface area contributed by atoms with Gasteiger partial charge in [0.1, 0.15) is 5.75 Å². The molecule has 1 aliphatic rings. The molecule has 0 spiro atoms. The number of fused-ring (bicyclic) bond motifs is 1. The summed E-state index contributed by atoms with van der Waals surface area (Å²) < 4.78 is 11.9. The Balaban J connectivity index is 1.53. The van der Waals surface area contributed by atoms with Crippen molar-refractivity contribution in [2.24, 2.45) is 0 Å². The number of hydrogen-bond acceptors (Lipinski definition) is 5. The van der Waals surface area contributed by atoms with Crippen molar-refractivity contribution in [1.29, 1.82) is 0 Å². The fraction of sp³-hybridized carbons (Fsp3) is 0.333. The SMILES string of the molecule is COc1ccc(C2(CNC(=O)c3ccc4ncsc4c3)CCOCC2)cc1. The summed E-state index contributed by atoms with van der Waals surface area (Å²) in [4.78, 5) is 17.0. The standard InChI is InChI=1S/C21H22N2O3S/c1-25-17-5-3-16(4-6-17)21(8-10-26-11-9-21)13-22-20(24)15-2-7-18-19(12-15)27-14-23-18/h2-7,12,14H,8-11,13H2,1H3,(H,22,24). The van der Waals surface area contributed by atoms with E-state index in [-0.39, 0.29) is 11.3 Å². The van der Waals surface area contributed by atoms with E-state index in [1.54, 1.807) is 24.0 Å². The number of nitrogens with one attached hydrogen (secondary N) is 1.